The van der Waals surface area contributed by atoms with E-state index in [0.717, 1.165) is 17.2 Å². The molecule has 37 heavy (non-hydrogen) atoms. The summed E-state index contributed by atoms with van der Waals surface area (Å²) in [5.41, 5.74) is 3.40. The number of aromatic hydroxyl groups is 2. The first-order chi connectivity index (χ1) is 17.8. The van der Waals surface area contributed by atoms with Crippen LogP contribution in [0.3, 0.4) is 0 Å². The highest BCUT2D eigenvalue weighted by atomic mass is 79.9. The van der Waals surface area contributed by atoms with Crippen LogP contribution in [-0.2, 0) is 14.3 Å². The molecule has 196 valence electrons. The number of nitrogens with one attached hydrogen (secondary N) is 2. The van der Waals surface area contributed by atoms with E-state index >= 15 is 0 Å². The fourth-order valence-electron chi connectivity index (χ4n) is 3.45. The minimum atomic E-state index is -0.458. The highest BCUT2D eigenvalue weighted by Crippen LogP contribution is 2.40. The van der Waals surface area contributed by atoms with Crippen LogP contribution in [0.25, 0.3) is 10.8 Å². The average Bonchev–Trinajstić information content (AvgIpc) is 2.89. The van der Waals surface area contributed by atoms with Gasteiger partial charge in [0.2, 0.25) is 5.91 Å². The van der Waals surface area contributed by atoms with Crippen LogP contribution in [0.2, 0.25) is 0 Å². The van der Waals surface area contributed by atoms with Crippen LogP contribution in [0.5, 0.6) is 11.5 Å². The zero-order valence-electron chi connectivity index (χ0n) is 20.2. The summed E-state index contributed by atoms with van der Waals surface area (Å²) in [4.78, 5) is 27.0. The van der Waals surface area contributed by atoms with E-state index in [1.165, 1.54) is 12.3 Å². The molecule has 0 saturated carbocycles. The van der Waals surface area contributed by atoms with Crippen molar-refractivity contribution in [2.75, 3.05) is 37.7 Å². The molecular formula is C26H28Br2N4O5. The van der Waals surface area contributed by atoms with Crippen molar-refractivity contribution < 1.29 is 24.5 Å². The predicted octanol–water partition coefficient (Wildman–Crippen LogP) is 4.28. The number of fused-ring (bicyclic) bond motifs is 1. The Bertz CT molecular complexity index is 1290. The number of carbonyl (C=O) groups is 2. The zero-order valence-corrected chi connectivity index (χ0v) is 23.4. The van der Waals surface area contributed by atoms with E-state index in [2.05, 4.69) is 47.7 Å². The number of rotatable bonds is 12. The molecule has 0 spiro atoms. The number of benzene rings is 3. The maximum Gasteiger partial charge on any atom is 0.259 e. The molecule has 3 aromatic rings. The Hall–Kier alpha value is -3.15. The van der Waals surface area contributed by atoms with Gasteiger partial charge in [0.25, 0.3) is 5.91 Å². The molecule has 9 nitrogen and oxygen atoms in total. The second kappa shape index (κ2) is 14.0. The number of phenolic OH excluding ortho intramolecular Hbond substituents is 2. The number of carbonyl (C=O) groups excluding carboxylic acids is 2. The molecule has 4 N–H and O–H groups in total. The quantitative estimate of drug-likeness (QED) is 0.134. The van der Waals surface area contributed by atoms with Gasteiger partial charge in [0.05, 0.1) is 30.4 Å². The van der Waals surface area contributed by atoms with Crippen LogP contribution in [0.4, 0.5) is 5.69 Å². The second-order valence-electron chi connectivity index (χ2n) is 8.10. The van der Waals surface area contributed by atoms with E-state index in [1.807, 2.05) is 49.4 Å². The fourth-order valence-corrected chi connectivity index (χ4v) is 4.60. The molecule has 0 saturated heterocycles. The van der Waals surface area contributed by atoms with Crippen LogP contribution in [0.15, 0.2) is 62.6 Å². The molecular weight excluding hydrogens is 608 g/mol. The molecule has 3 aromatic carbocycles. The first-order valence-electron chi connectivity index (χ1n) is 11.6. The lowest BCUT2D eigenvalue weighted by Gasteiger charge is -2.23. The molecule has 0 fully saturated rings. The van der Waals surface area contributed by atoms with Gasteiger partial charge in [-0.25, -0.2) is 5.43 Å². The van der Waals surface area contributed by atoms with E-state index in [9.17, 15) is 19.8 Å². The van der Waals surface area contributed by atoms with Crippen molar-refractivity contribution in [1.82, 2.24) is 10.7 Å². The molecule has 0 aliphatic carbocycles. The molecule has 0 aliphatic heterocycles. The van der Waals surface area contributed by atoms with E-state index < -0.39 is 5.91 Å². The number of halogens is 2. The Morgan fingerprint density at radius 2 is 1.73 bits per heavy atom. The molecule has 0 aliphatic rings. The van der Waals surface area contributed by atoms with Gasteiger partial charge >= 0.3 is 0 Å². The van der Waals surface area contributed by atoms with Gasteiger partial charge in [-0.05, 0) is 67.3 Å². The van der Waals surface area contributed by atoms with Crippen LogP contribution < -0.4 is 15.6 Å². The highest BCUT2D eigenvalue weighted by molar-refractivity contribution is 9.11. The summed E-state index contributed by atoms with van der Waals surface area (Å²) in [6.45, 7) is 3.27. The number of hydrogen-bond donors (Lipinski definition) is 4. The molecule has 0 bridgehead atoms. The first kappa shape index (κ1) is 28.4. The smallest absolute Gasteiger partial charge is 0.259 e. The van der Waals surface area contributed by atoms with E-state index in [1.54, 1.807) is 4.90 Å². The lowest BCUT2D eigenvalue weighted by atomic mass is 10.1. The van der Waals surface area contributed by atoms with Gasteiger partial charge in [0, 0.05) is 24.4 Å². The number of hydrogen-bond acceptors (Lipinski definition) is 7. The number of hydrazone groups is 1. The van der Waals surface area contributed by atoms with Crippen LogP contribution in [-0.4, -0.2) is 61.1 Å². The summed E-state index contributed by atoms with van der Waals surface area (Å²) >= 11 is 6.29. The third-order valence-corrected chi connectivity index (χ3v) is 6.63. The standard InChI is InChI=1S/C26H28Br2N4O5/c1-2-10-37-11-9-29-22(33)15-32(20-8-7-17-5-3-4-6-18(17)12-20)16-23(34)31-30-14-19-13-21(27)26(36)24(28)25(19)35/h3-8,12-14,35-36H,2,9-11,15-16H2,1H3,(H,29,33)(H,31,34)/b30-14+. The van der Waals surface area contributed by atoms with Gasteiger partial charge in [0.1, 0.15) is 16.0 Å². The maximum absolute atomic E-state index is 12.7. The molecule has 0 aromatic heterocycles. The van der Waals surface area contributed by atoms with Gasteiger partial charge in [-0.3, -0.25) is 9.59 Å². The summed E-state index contributed by atoms with van der Waals surface area (Å²) < 4.78 is 5.85. The lowest BCUT2D eigenvalue weighted by molar-refractivity contribution is -0.120. The second-order valence-corrected chi connectivity index (χ2v) is 9.75. The number of ether oxygens (including phenoxy) is 1. The van der Waals surface area contributed by atoms with Gasteiger partial charge < -0.3 is 25.2 Å². The molecule has 0 unspecified atom stereocenters. The topological polar surface area (TPSA) is 123 Å². The molecule has 3 rings (SSSR count). The van der Waals surface area contributed by atoms with Crippen molar-refractivity contribution in [1.29, 1.82) is 0 Å². The van der Waals surface area contributed by atoms with Gasteiger partial charge in [0.15, 0.2) is 0 Å². The first-order valence-corrected chi connectivity index (χ1v) is 13.2. The predicted molar refractivity (Wildman–Crippen MR) is 151 cm³/mol. The molecule has 0 radical (unpaired) electrons. The molecule has 0 heterocycles. The minimum Gasteiger partial charge on any atom is -0.506 e. The van der Waals surface area contributed by atoms with E-state index in [0.29, 0.717) is 29.9 Å². The fraction of sp³-hybridized carbons (Fsp3) is 0.269. The summed E-state index contributed by atoms with van der Waals surface area (Å²) in [7, 11) is 0. The summed E-state index contributed by atoms with van der Waals surface area (Å²) in [6, 6.07) is 15.0. The molecule has 0 atom stereocenters. The molecule has 11 heteroatoms. The molecule has 2 amide bonds. The normalized spacial score (nSPS) is 11.1. The van der Waals surface area contributed by atoms with Gasteiger partial charge in [-0.15, -0.1) is 0 Å². The summed E-state index contributed by atoms with van der Waals surface area (Å²) in [6.07, 6.45) is 2.16. The third kappa shape index (κ3) is 8.17. The average molecular weight is 636 g/mol. The largest absolute Gasteiger partial charge is 0.506 e. The maximum atomic E-state index is 12.7. The highest BCUT2D eigenvalue weighted by Gasteiger charge is 2.16. The third-order valence-electron chi connectivity index (χ3n) is 5.27. The number of phenols is 2. The zero-order chi connectivity index (χ0) is 26.8. The Labute approximate surface area is 231 Å². The van der Waals surface area contributed by atoms with Gasteiger partial charge in [-0.2, -0.15) is 5.10 Å². The Kier molecular flexibility index (Phi) is 10.7. The van der Waals surface area contributed by atoms with Gasteiger partial charge in [-0.1, -0.05) is 37.3 Å². The van der Waals surface area contributed by atoms with Crippen molar-refractivity contribution >= 4 is 66.3 Å². The van der Waals surface area contributed by atoms with E-state index in [-0.39, 0.29) is 40.5 Å². The van der Waals surface area contributed by atoms with Crippen LogP contribution in [0, 0.1) is 0 Å². The van der Waals surface area contributed by atoms with Crippen molar-refractivity contribution in [3.63, 3.8) is 0 Å². The Morgan fingerprint density at radius 3 is 2.49 bits per heavy atom. The Morgan fingerprint density at radius 1 is 1.00 bits per heavy atom. The van der Waals surface area contributed by atoms with Crippen LogP contribution >= 0.6 is 31.9 Å². The SMILES string of the molecule is CCCOCCNC(=O)CN(CC(=O)N/N=C/c1cc(Br)c(O)c(Br)c1O)c1ccc2ccccc2c1. The number of nitrogens with zero attached hydrogens (tertiary/aromatic N) is 2. The number of anilines is 1. The lowest BCUT2D eigenvalue weighted by Crippen LogP contribution is -2.43. The number of amides is 2. The summed E-state index contributed by atoms with van der Waals surface area (Å²) in [5, 5.41) is 28.8. The Balaban J connectivity index is 1.70. The van der Waals surface area contributed by atoms with Crippen LogP contribution in [0.1, 0.15) is 18.9 Å². The monoisotopic (exact) mass is 634 g/mol. The van der Waals surface area contributed by atoms with Crippen molar-refractivity contribution in [3.05, 3.63) is 63.0 Å². The van der Waals surface area contributed by atoms with Crippen molar-refractivity contribution in [2.45, 2.75) is 13.3 Å². The minimum absolute atomic E-state index is 0.0398. The summed E-state index contributed by atoms with van der Waals surface area (Å²) in [5.74, 6) is -1.08. The van der Waals surface area contributed by atoms with Crippen molar-refractivity contribution in [3.8, 4) is 11.5 Å². The van der Waals surface area contributed by atoms with Crippen molar-refractivity contribution in [2.24, 2.45) is 5.10 Å². The van der Waals surface area contributed by atoms with E-state index in [4.69, 9.17) is 4.74 Å².